The summed E-state index contributed by atoms with van der Waals surface area (Å²) in [7, 11) is 0. The molecule has 0 fully saturated rings. The quantitative estimate of drug-likeness (QED) is 0.658. The topological polar surface area (TPSA) is 38.7 Å². The second-order valence-electron chi connectivity index (χ2n) is 3.36. The highest BCUT2D eigenvalue weighted by Gasteiger charge is 2.37. The molecule has 0 saturated carbocycles. The van der Waals surface area contributed by atoms with Crippen molar-refractivity contribution in [2.45, 2.75) is 25.7 Å². The first-order valence-electron chi connectivity index (χ1n) is 4.27. The van der Waals surface area contributed by atoms with Gasteiger partial charge in [-0.1, -0.05) is 12.1 Å². The highest BCUT2D eigenvalue weighted by molar-refractivity contribution is 5.41. The molecule has 2 atom stereocenters. The molecule has 0 aliphatic carbocycles. The molecule has 0 amide bonds. The minimum atomic E-state index is -1.24. The third kappa shape index (κ3) is 1.35. The van der Waals surface area contributed by atoms with E-state index in [4.69, 9.17) is 9.47 Å². The Kier molecular flexibility index (Phi) is 1.70. The van der Waals surface area contributed by atoms with Crippen molar-refractivity contribution in [2.75, 3.05) is 0 Å². The van der Waals surface area contributed by atoms with E-state index in [0.29, 0.717) is 11.5 Å². The van der Waals surface area contributed by atoms with Crippen molar-refractivity contribution in [1.29, 1.82) is 0 Å². The van der Waals surface area contributed by atoms with Gasteiger partial charge < -0.3 is 14.6 Å². The average Bonchev–Trinajstić information content (AvgIpc) is 2.06. The SMILES string of the molecule is C[C@@H]1Oc2ccccc2O[C@@]1(C)O. The maximum Gasteiger partial charge on any atom is 0.242 e. The normalized spacial score (nSPS) is 31.5. The van der Waals surface area contributed by atoms with Gasteiger partial charge in [-0.2, -0.15) is 0 Å². The molecular weight excluding hydrogens is 168 g/mol. The van der Waals surface area contributed by atoms with Crippen LogP contribution in [0.4, 0.5) is 0 Å². The van der Waals surface area contributed by atoms with E-state index in [9.17, 15) is 5.11 Å². The lowest BCUT2D eigenvalue weighted by Crippen LogP contribution is -2.48. The van der Waals surface area contributed by atoms with E-state index >= 15 is 0 Å². The number of ether oxygens (including phenoxy) is 2. The van der Waals surface area contributed by atoms with Crippen molar-refractivity contribution in [3.63, 3.8) is 0 Å². The molecule has 0 radical (unpaired) electrons. The third-order valence-corrected chi connectivity index (χ3v) is 2.22. The first-order valence-corrected chi connectivity index (χ1v) is 4.27. The Morgan fingerprint density at radius 3 is 2.62 bits per heavy atom. The van der Waals surface area contributed by atoms with Crippen LogP contribution in [0.1, 0.15) is 13.8 Å². The molecule has 0 aromatic heterocycles. The largest absolute Gasteiger partial charge is 0.480 e. The van der Waals surface area contributed by atoms with Gasteiger partial charge in [-0.25, -0.2) is 0 Å². The summed E-state index contributed by atoms with van der Waals surface area (Å²) in [5.41, 5.74) is 0. The highest BCUT2D eigenvalue weighted by atomic mass is 16.7. The third-order valence-electron chi connectivity index (χ3n) is 2.22. The lowest BCUT2D eigenvalue weighted by Gasteiger charge is -2.36. The van der Waals surface area contributed by atoms with Gasteiger partial charge in [0.15, 0.2) is 17.6 Å². The van der Waals surface area contributed by atoms with Gasteiger partial charge in [0.05, 0.1) is 0 Å². The van der Waals surface area contributed by atoms with Gasteiger partial charge in [0, 0.05) is 6.92 Å². The Morgan fingerprint density at radius 2 is 1.92 bits per heavy atom. The van der Waals surface area contributed by atoms with Crippen molar-refractivity contribution < 1.29 is 14.6 Å². The zero-order chi connectivity index (χ0) is 9.47. The van der Waals surface area contributed by atoms with Crippen LogP contribution in [-0.2, 0) is 0 Å². The lowest BCUT2D eigenvalue weighted by molar-refractivity contribution is -0.194. The Balaban J connectivity index is 2.39. The maximum absolute atomic E-state index is 9.74. The molecule has 0 unspecified atom stereocenters. The van der Waals surface area contributed by atoms with Crippen LogP contribution in [0, 0.1) is 0 Å². The second kappa shape index (κ2) is 2.64. The van der Waals surface area contributed by atoms with Crippen LogP contribution in [0.3, 0.4) is 0 Å². The van der Waals surface area contributed by atoms with E-state index < -0.39 is 5.79 Å². The van der Waals surface area contributed by atoms with Gasteiger partial charge >= 0.3 is 0 Å². The fourth-order valence-electron chi connectivity index (χ4n) is 1.24. The second-order valence-corrected chi connectivity index (χ2v) is 3.36. The molecule has 1 N–H and O–H groups in total. The number of rotatable bonds is 0. The average molecular weight is 180 g/mol. The monoisotopic (exact) mass is 180 g/mol. The van der Waals surface area contributed by atoms with E-state index in [1.54, 1.807) is 19.9 Å². The van der Waals surface area contributed by atoms with E-state index in [1.165, 1.54) is 0 Å². The van der Waals surface area contributed by atoms with Crippen LogP contribution < -0.4 is 9.47 Å². The molecule has 1 aliphatic heterocycles. The van der Waals surface area contributed by atoms with Gasteiger partial charge in [-0.05, 0) is 19.1 Å². The van der Waals surface area contributed by atoms with Crippen LogP contribution in [0.2, 0.25) is 0 Å². The van der Waals surface area contributed by atoms with Crippen molar-refractivity contribution >= 4 is 0 Å². The molecule has 0 spiro atoms. The predicted octanol–water partition coefficient (Wildman–Crippen LogP) is 1.55. The molecule has 1 heterocycles. The van der Waals surface area contributed by atoms with E-state index in [1.807, 2.05) is 18.2 Å². The standard InChI is InChI=1S/C10H12O3/c1-7-10(2,11)13-9-6-4-3-5-8(9)12-7/h3-7,11H,1-2H3/t7-,10+/m0/s1. The fourth-order valence-corrected chi connectivity index (χ4v) is 1.24. The molecule has 13 heavy (non-hydrogen) atoms. The summed E-state index contributed by atoms with van der Waals surface area (Å²) < 4.78 is 10.8. The Labute approximate surface area is 76.9 Å². The Hall–Kier alpha value is -1.22. The zero-order valence-corrected chi connectivity index (χ0v) is 7.65. The summed E-state index contributed by atoms with van der Waals surface area (Å²) in [5, 5.41) is 9.74. The first-order chi connectivity index (χ1) is 6.09. The van der Waals surface area contributed by atoms with Crippen LogP contribution in [0.25, 0.3) is 0 Å². The summed E-state index contributed by atoms with van der Waals surface area (Å²) in [5.74, 6) is 0.0288. The predicted molar refractivity (Wildman–Crippen MR) is 47.8 cm³/mol. The smallest absolute Gasteiger partial charge is 0.242 e. The first kappa shape index (κ1) is 8.38. The van der Waals surface area contributed by atoms with Crippen molar-refractivity contribution in [3.8, 4) is 11.5 Å². The van der Waals surface area contributed by atoms with Gasteiger partial charge in [0.2, 0.25) is 5.79 Å². The number of fused-ring (bicyclic) bond motifs is 1. The molecule has 0 saturated heterocycles. The zero-order valence-electron chi connectivity index (χ0n) is 7.65. The van der Waals surface area contributed by atoms with Crippen molar-refractivity contribution in [3.05, 3.63) is 24.3 Å². The summed E-state index contributed by atoms with van der Waals surface area (Å²) in [4.78, 5) is 0. The molecule has 3 heteroatoms. The Bertz CT molecular complexity index is 320. The lowest BCUT2D eigenvalue weighted by atomic mass is 10.1. The molecule has 1 aromatic carbocycles. The molecule has 1 aliphatic rings. The van der Waals surface area contributed by atoms with Gasteiger partial charge in [0.1, 0.15) is 0 Å². The molecule has 3 nitrogen and oxygen atoms in total. The fraction of sp³-hybridized carbons (Fsp3) is 0.400. The van der Waals surface area contributed by atoms with Crippen LogP contribution >= 0.6 is 0 Å². The van der Waals surface area contributed by atoms with Crippen LogP contribution in [0.5, 0.6) is 11.5 Å². The minimum Gasteiger partial charge on any atom is -0.480 e. The number of benzene rings is 1. The highest BCUT2D eigenvalue weighted by Crippen LogP contribution is 2.36. The maximum atomic E-state index is 9.74. The number of hydrogen-bond acceptors (Lipinski definition) is 3. The van der Waals surface area contributed by atoms with Crippen LogP contribution in [-0.4, -0.2) is 17.0 Å². The summed E-state index contributed by atoms with van der Waals surface area (Å²) in [6.45, 7) is 3.36. The molecule has 0 bridgehead atoms. The number of para-hydroxylation sites is 2. The number of aliphatic hydroxyl groups is 1. The summed E-state index contributed by atoms with van der Waals surface area (Å²) in [6, 6.07) is 7.31. The van der Waals surface area contributed by atoms with Gasteiger partial charge in [-0.3, -0.25) is 0 Å². The van der Waals surface area contributed by atoms with E-state index in [2.05, 4.69) is 0 Å². The Morgan fingerprint density at radius 1 is 1.31 bits per heavy atom. The molecular formula is C10H12O3. The summed E-state index contributed by atoms with van der Waals surface area (Å²) >= 11 is 0. The number of hydrogen-bond donors (Lipinski definition) is 1. The van der Waals surface area contributed by atoms with Gasteiger partial charge in [-0.15, -0.1) is 0 Å². The summed E-state index contributed by atoms with van der Waals surface area (Å²) in [6.07, 6.45) is -0.359. The minimum absolute atomic E-state index is 0.359. The molecule has 70 valence electrons. The van der Waals surface area contributed by atoms with Crippen molar-refractivity contribution in [1.82, 2.24) is 0 Å². The van der Waals surface area contributed by atoms with Gasteiger partial charge in [0.25, 0.3) is 0 Å². The van der Waals surface area contributed by atoms with E-state index in [-0.39, 0.29) is 6.10 Å². The van der Waals surface area contributed by atoms with Crippen LogP contribution in [0.15, 0.2) is 24.3 Å². The van der Waals surface area contributed by atoms with E-state index in [0.717, 1.165) is 0 Å². The molecule has 1 aromatic rings. The molecule has 2 rings (SSSR count). The van der Waals surface area contributed by atoms with Crippen molar-refractivity contribution in [2.24, 2.45) is 0 Å².